The lowest BCUT2D eigenvalue weighted by atomic mass is 9.67. The van der Waals surface area contributed by atoms with E-state index < -0.39 is 0 Å². The van der Waals surface area contributed by atoms with Gasteiger partial charge in [0.05, 0.1) is 0 Å². The van der Waals surface area contributed by atoms with Gasteiger partial charge in [-0.2, -0.15) is 0 Å². The molecular formula is C17H20O. The SMILES string of the molecule is C=CC1(c2ccccc2C(=C)C)CCCC(=O)C1. The molecule has 1 aliphatic rings. The average molecular weight is 240 g/mol. The van der Waals surface area contributed by atoms with Gasteiger partial charge >= 0.3 is 0 Å². The van der Waals surface area contributed by atoms with Gasteiger partial charge in [-0.15, -0.1) is 6.58 Å². The minimum atomic E-state index is -0.190. The van der Waals surface area contributed by atoms with Crippen molar-refractivity contribution in [3.8, 4) is 0 Å². The Morgan fingerprint density at radius 2 is 2.11 bits per heavy atom. The van der Waals surface area contributed by atoms with Gasteiger partial charge in [0.2, 0.25) is 0 Å². The maximum absolute atomic E-state index is 11.8. The molecule has 1 fully saturated rings. The Morgan fingerprint density at radius 3 is 2.72 bits per heavy atom. The highest BCUT2D eigenvalue weighted by Crippen LogP contribution is 2.41. The first-order valence-corrected chi connectivity index (χ1v) is 6.50. The largest absolute Gasteiger partial charge is 0.300 e. The molecule has 0 spiro atoms. The second-order valence-corrected chi connectivity index (χ2v) is 5.26. The molecular weight excluding hydrogens is 220 g/mol. The number of hydrogen-bond donors (Lipinski definition) is 0. The van der Waals surface area contributed by atoms with Crippen LogP contribution in [0, 0.1) is 0 Å². The van der Waals surface area contributed by atoms with Gasteiger partial charge in [0.15, 0.2) is 0 Å². The van der Waals surface area contributed by atoms with Gasteiger partial charge in [-0.3, -0.25) is 4.79 Å². The average Bonchev–Trinajstić information content (AvgIpc) is 2.38. The summed E-state index contributed by atoms with van der Waals surface area (Å²) < 4.78 is 0. The molecule has 0 amide bonds. The Labute approximate surface area is 109 Å². The number of ketones is 1. The first-order chi connectivity index (χ1) is 8.59. The summed E-state index contributed by atoms with van der Waals surface area (Å²) in [5, 5.41) is 0. The van der Waals surface area contributed by atoms with Crippen LogP contribution in [0.5, 0.6) is 0 Å². The zero-order valence-corrected chi connectivity index (χ0v) is 11.0. The van der Waals surface area contributed by atoms with Crippen molar-refractivity contribution in [2.75, 3.05) is 0 Å². The van der Waals surface area contributed by atoms with E-state index in [2.05, 4.69) is 25.3 Å². The van der Waals surface area contributed by atoms with Crippen molar-refractivity contribution in [3.63, 3.8) is 0 Å². The van der Waals surface area contributed by atoms with E-state index in [0.29, 0.717) is 18.6 Å². The molecule has 2 rings (SSSR count). The number of benzene rings is 1. The predicted octanol–water partition coefficient (Wildman–Crippen LogP) is 4.29. The van der Waals surface area contributed by atoms with Crippen molar-refractivity contribution in [2.24, 2.45) is 0 Å². The minimum absolute atomic E-state index is 0.190. The van der Waals surface area contributed by atoms with Crippen LogP contribution in [0.25, 0.3) is 5.57 Å². The van der Waals surface area contributed by atoms with Crippen LogP contribution < -0.4 is 0 Å². The van der Waals surface area contributed by atoms with Crippen LogP contribution in [-0.4, -0.2) is 5.78 Å². The summed E-state index contributed by atoms with van der Waals surface area (Å²) in [5.41, 5.74) is 3.22. The van der Waals surface area contributed by atoms with Crippen LogP contribution in [0.3, 0.4) is 0 Å². The van der Waals surface area contributed by atoms with E-state index >= 15 is 0 Å². The lowest BCUT2D eigenvalue weighted by Crippen LogP contribution is -2.32. The molecule has 1 aromatic carbocycles. The third-order valence-corrected chi connectivity index (χ3v) is 3.91. The maximum atomic E-state index is 11.8. The summed E-state index contributed by atoms with van der Waals surface area (Å²) in [6.45, 7) is 10.0. The fourth-order valence-corrected chi connectivity index (χ4v) is 2.93. The Hall–Kier alpha value is -1.63. The molecule has 1 aliphatic carbocycles. The van der Waals surface area contributed by atoms with Crippen molar-refractivity contribution in [3.05, 3.63) is 54.6 Å². The van der Waals surface area contributed by atoms with Crippen LogP contribution in [-0.2, 0) is 10.2 Å². The van der Waals surface area contributed by atoms with E-state index in [1.54, 1.807) is 0 Å². The second-order valence-electron chi connectivity index (χ2n) is 5.26. The fraction of sp³-hybridized carbons (Fsp3) is 0.353. The Morgan fingerprint density at radius 1 is 1.39 bits per heavy atom. The van der Waals surface area contributed by atoms with E-state index in [1.165, 1.54) is 5.56 Å². The number of hydrogen-bond acceptors (Lipinski definition) is 1. The first-order valence-electron chi connectivity index (χ1n) is 6.50. The van der Waals surface area contributed by atoms with Crippen LogP contribution in [0.1, 0.15) is 43.7 Å². The molecule has 0 aromatic heterocycles. The smallest absolute Gasteiger partial charge is 0.134 e. The van der Waals surface area contributed by atoms with Crippen molar-refractivity contribution in [2.45, 2.75) is 38.0 Å². The topological polar surface area (TPSA) is 17.1 Å². The molecule has 0 heterocycles. The standard InChI is InChI=1S/C17H20O/c1-4-17(11-7-8-14(18)12-17)16-10-6-5-9-15(16)13(2)3/h4-6,9-10H,1-2,7-8,11-12H2,3H3. The Kier molecular flexibility index (Phi) is 3.51. The second kappa shape index (κ2) is 4.93. The zero-order chi connectivity index (χ0) is 13.2. The minimum Gasteiger partial charge on any atom is -0.300 e. The Bertz CT molecular complexity index is 498. The van der Waals surface area contributed by atoms with E-state index in [1.807, 2.05) is 25.1 Å². The summed E-state index contributed by atoms with van der Waals surface area (Å²) in [4.78, 5) is 11.8. The quantitative estimate of drug-likeness (QED) is 0.720. The molecule has 18 heavy (non-hydrogen) atoms. The third-order valence-electron chi connectivity index (χ3n) is 3.91. The van der Waals surface area contributed by atoms with Gasteiger partial charge in [0.25, 0.3) is 0 Å². The fourth-order valence-electron chi connectivity index (χ4n) is 2.93. The van der Waals surface area contributed by atoms with Crippen LogP contribution in [0.15, 0.2) is 43.5 Å². The lowest BCUT2D eigenvalue weighted by Gasteiger charge is -2.35. The number of Topliss-reactive ketones (excluding diaryl/α,β-unsaturated/α-hetero) is 1. The van der Waals surface area contributed by atoms with Crippen LogP contribution >= 0.6 is 0 Å². The van der Waals surface area contributed by atoms with Crippen LogP contribution in [0.4, 0.5) is 0 Å². The van der Waals surface area contributed by atoms with Gasteiger partial charge in [0.1, 0.15) is 5.78 Å². The first kappa shape index (κ1) is 12.8. The van der Waals surface area contributed by atoms with Crippen molar-refractivity contribution >= 4 is 11.4 Å². The van der Waals surface area contributed by atoms with Gasteiger partial charge in [0, 0.05) is 18.3 Å². The summed E-state index contributed by atoms with van der Waals surface area (Å²) in [6.07, 6.45) is 5.22. The van der Waals surface area contributed by atoms with E-state index in [9.17, 15) is 4.79 Å². The van der Waals surface area contributed by atoms with E-state index in [-0.39, 0.29) is 5.41 Å². The molecule has 0 aliphatic heterocycles. The molecule has 0 N–H and O–H groups in total. The molecule has 0 bridgehead atoms. The lowest BCUT2D eigenvalue weighted by molar-refractivity contribution is -0.121. The normalized spacial score (nSPS) is 23.7. The van der Waals surface area contributed by atoms with Crippen molar-refractivity contribution in [1.82, 2.24) is 0 Å². The molecule has 94 valence electrons. The molecule has 1 heteroatoms. The molecule has 1 unspecified atom stereocenters. The summed E-state index contributed by atoms with van der Waals surface area (Å²) >= 11 is 0. The van der Waals surface area contributed by atoms with E-state index in [0.717, 1.165) is 24.0 Å². The number of carbonyl (C=O) groups is 1. The van der Waals surface area contributed by atoms with Crippen molar-refractivity contribution in [1.29, 1.82) is 0 Å². The number of rotatable bonds is 3. The molecule has 1 nitrogen and oxygen atoms in total. The Balaban J connectivity index is 2.53. The van der Waals surface area contributed by atoms with Crippen molar-refractivity contribution < 1.29 is 4.79 Å². The maximum Gasteiger partial charge on any atom is 0.134 e. The molecule has 1 aromatic rings. The molecule has 1 saturated carbocycles. The monoisotopic (exact) mass is 240 g/mol. The highest BCUT2D eigenvalue weighted by atomic mass is 16.1. The summed E-state index contributed by atoms with van der Waals surface area (Å²) in [5.74, 6) is 0.345. The summed E-state index contributed by atoms with van der Waals surface area (Å²) in [7, 11) is 0. The highest BCUT2D eigenvalue weighted by molar-refractivity contribution is 5.82. The molecule has 0 radical (unpaired) electrons. The number of carbonyl (C=O) groups excluding carboxylic acids is 1. The van der Waals surface area contributed by atoms with Gasteiger partial charge < -0.3 is 0 Å². The molecule has 1 atom stereocenters. The molecule has 0 saturated heterocycles. The predicted molar refractivity (Wildman–Crippen MR) is 76.5 cm³/mol. The van der Waals surface area contributed by atoms with Gasteiger partial charge in [-0.05, 0) is 30.9 Å². The van der Waals surface area contributed by atoms with Crippen LogP contribution in [0.2, 0.25) is 0 Å². The highest BCUT2D eigenvalue weighted by Gasteiger charge is 2.35. The number of allylic oxidation sites excluding steroid dienone is 2. The summed E-state index contributed by atoms with van der Waals surface area (Å²) in [6, 6.07) is 8.26. The van der Waals surface area contributed by atoms with Gasteiger partial charge in [-0.25, -0.2) is 0 Å². The van der Waals surface area contributed by atoms with E-state index in [4.69, 9.17) is 0 Å². The zero-order valence-electron chi connectivity index (χ0n) is 11.0. The third kappa shape index (κ3) is 2.17. The van der Waals surface area contributed by atoms with Gasteiger partial charge in [-0.1, -0.05) is 42.5 Å².